The second kappa shape index (κ2) is 11.9. The van der Waals surface area contributed by atoms with Crippen molar-refractivity contribution in [3.05, 3.63) is 74.5 Å². The van der Waals surface area contributed by atoms with Gasteiger partial charge in [0.15, 0.2) is 17.3 Å². The van der Waals surface area contributed by atoms with Crippen molar-refractivity contribution in [1.82, 2.24) is 5.32 Å². The number of hydrogen-bond acceptors (Lipinski definition) is 7. The summed E-state index contributed by atoms with van der Waals surface area (Å²) in [6.07, 6.45) is 3.24. The van der Waals surface area contributed by atoms with Gasteiger partial charge in [-0.2, -0.15) is 13.7 Å². The molecule has 2 unspecified atom stereocenters. The van der Waals surface area contributed by atoms with E-state index in [4.69, 9.17) is 9.47 Å². The minimum atomic E-state index is -4.28. The van der Waals surface area contributed by atoms with E-state index >= 15 is 0 Å². The van der Waals surface area contributed by atoms with Crippen molar-refractivity contribution in [2.45, 2.75) is 63.9 Å². The van der Waals surface area contributed by atoms with Crippen molar-refractivity contribution in [1.29, 1.82) is 5.26 Å². The quantitative estimate of drug-likeness (QED) is 0.320. The zero-order chi connectivity index (χ0) is 28.3. The van der Waals surface area contributed by atoms with Crippen LogP contribution >= 0.6 is 15.9 Å². The molecule has 39 heavy (non-hydrogen) atoms. The van der Waals surface area contributed by atoms with Gasteiger partial charge in [-0.3, -0.25) is 9.35 Å². The van der Waals surface area contributed by atoms with Crippen molar-refractivity contribution < 1.29 is 27.2 Å². The summed E-state index contributed by atoms with van der Waals surface area (Å²) in [5.41, 5.74) is 4.23. The number of halogens is 1. The molecular formula is C29H31BrN2O6S. The van der Waals surface area contributed by atoms with Gasteiger partial charge in [0.2, 0.25) is 0 Å². The molecule has 0 saturated heterocycles. The molecule has 206 valence electrons. The summed E-state index contributed by atoms with van der Waals surface area (Å²) in [4.78, 5) is 13.2. The Balaban J connectivity index is 1.70. The molecule has 2 aromatic rings. The van der Waals surface area contributed by atoms with Gasteiger partial charge in [-0.1, -0.05) is 25.5 Å². The number of hydrogen-bond donors (Lipinski definition) is 2. The molecule has 2 aliphatic rings. The van der Waals surface area contributed by atoms with Crippen molar-refractivity contribution in [2.75, 3.05) is 6.61 Å². The monoisotopic (exact) mass is 614 g/mol. The maximum atomic E-state index is 13.4. The van der Waals surface area contributed by atoms with E-state index in [2.05, 4.69) is 34.2 Å². The van der Waals surface area contributed by atoms with E-state index in [1.165, 1.54) is 12.1 Å². The topological polar surface area (TPSA) is 126 Å². The average Bonchev–Trinajstić information content (AvgIpc) is 2.87. The molecule has 0 fully saturated rings. The largest absolute Gasteiger partial charge is 0.490 e. The SMILES string of the molecule is CCCC1CC(=O)C2=C(C1)NC(C)=C(C#N)C2c1cc(Br)c(OCc2ccc(S(=O)(=O)O)cc2)c(OCC)c1. The number of rotatable bonds is 9. The number of nitriles is 1. The van der Waals surface area contributed by atoms with Crippen molar-refractivity contribution >= 4 is 31.8 Å². The number of carbonyl (C=O) groups excluding carboxylic acids is 1. The molecule has 0 amide bonds. The lowest BCUT2D eigenvalue weighted by atomic mass is 9.72. The van der Waals surface area contributed by atoms with Crippen LogP contribution in [0.3, 0.4) is 0 Å². The Kier molecular flexibility index (Phi) is 8.84. The molecule has 1 aliphatic carbocycles. The Labute approximate surface area is 237 Å². The number of Topliss-reactive ketones (excluding diaryl/α,β-unsaturated/α-hetero) is 1. The third-order valence-electron chi connectivity index (χ3n) is 7.00. The van der Waals surface area contributed by atoms with Crippen LogP contribution in [-0.4, -0.2) is 25.4 Å². The first kappa shape index (κ1) is 28.9. The molecule has 0 saturated carbocycles. The van der Waals surface area contributed by atoms with E-state index in [-0.39, 0.29) is 17.3 Å². The fourth-order valence-corrected chi connectivity index (χ4v) is 6.34. The summed E-state index contributed by atoms with van der Waals surface area (Å²) in [7, 11) is -4.28. The molecule has 0 radical (unpaired) electrons. The predicted octanol–water partition coefficient (Wildman–Crippen LogP) is 6.19. The highest BCUT2D eigenvalue weighted by atomic mass is 79.9. The van der Waals surface area contributed by atoms with Gasteiger partial charge < -0.3 is 14.8 Å². The second-order valence-corrected chi connectivity index (χ2v) is 12.0. The number of nitrogens with one attached hydrogen (secondary N) is 1. The van der Waals surface area contributed by atoms with Crippen LogP contribution in [0, 0.1) is 17.2 Å². The molecule has 2 atom stereocenters. The number of nitrogens with zero attached hydrogens (tertiary/aromatic N) is 1. The summed E-state index contributed by atoms with van der Waals surface area (Å²) < 4.78 is 44.4. The van der Waals surface area contributed by atoms with Crippen LogP contribution in [0.2, 0.25) is 0 Å². The molecule has 0 bridgehead atoms. The van der Waals surface area contributed by atoms with E-state index < -0.39 is 16.0 Å². The van der Waals surface area contributed by atoms with E-state index in [1.807, 2.05) is 26.0 Å². The van der Waals surface area contributed by atoms with Crippen molar-refractivity contribution in [2.24, 2.45) is 5.92 Å². The lowest BCUT2D eigenvalue weighted by Crippen LogP contribution is -2.34. The van der Waals surface area contributed by atoms with Gasteiger partial charge in [-0.25, -0.2) is 0 Å². The van der Waals surface area contributed by atoms with E-state index in [0.717, 1.165) is 36.2 Å². The van der Waals surface area contributed by atoms with Gasteiger partial charge in [-0.05, 0) is 83.9 Å². The maximum Gasteiger partial charge on any atom is 0.294 e. The number of allylic oxidation sites excluding steroid dienone is 4. The Morgan fingerprint density at radius 3 is 2.49 bits per heavy atom. The Hall–Kier alpha value is -3.13. The van der Waals surface area contributed by atoms with Crippen LogP contribution < -0.4 is 14.8 Å². The summed E-state index contributed by atoms with van der Waals surface area (Å²) >= 11 is 3.60. The lowest BCUT2D eigenvalue weighted by molar-refractivity contribution is -0.117. The fraction of sp³-hybridized carbons (Fsp3) is 0.379. The van der Waals surface area contributed by atoms with E-state index in [1.54, 1.807) is 12.1 Å². The highest BCUT2D eigenvalue weighted by molar-refractivity contribution is 9.10. The predicted molar refractivity (Wildman–Crippen MR) is 150 cm³/mol. The fourth-order valence-electron chi connectivity index (χ4n) is 5.28. The minimum Gasteiger partial charge on any atom is -0.490 e. The third kappa shape index (κ3) is 6.21. The first-order valence-corrected chi connectivity index (χ1v) is 15.1. The number of benzene rings is 2. The van der Waals surface area contributed by atoms with Crippen LogP contribution in [0.25, 0.3) is 0 Å². The normalized spacial score (nSPS) is 19.3. The number of carbonyl (C=O) groups is 1. The highest BCUT2D eigenvalue weighted by Crippen LogP contribution is 2.47. The third-order valence-corrected chi connectivity index (χ3v) is 8.46. The molecular weight excluding hydrogens is 584 g/mol. The highest BCUT2D eigenvalue weighted by Gasteiger charge is 2.39. The smallest absolute Gasteiger partial charge is 0.294 e. The lowest BCUT2D eigenvalue weighted by Gasteiger charge is -2.35. The van der Waals surface area contributed by atoms with Gasteiger partial charge in [0.25, 0.3) is 10.1 Å². The summed E-state index contributed by atoms with van der Waals surface area (Å²) in [6.45, 7) is 6.33. The molecule has 4 rings (SSSR count). The Morgan fingerprint density at radius 2 is 1.87 bits per heavy atom. The minimum absolute atomic E-state index is 0.0650. The average molecular weight is 616 g/mol. The standard InChI is InChI=1S/C29H31BrN2O6S/c1-4-6-19-11-24-28(25(33)12-19)27(22(15-31)17(3)32-24)20-13-23(30)29(26(14-20)37-5-2)38-16-18-7-9-21(10-8-18)39(34,35)36/h7-10,13-14,19,27,32H,4-6,11-12,16H2,1-3H3,(H,34,35,36). The van der Waals surface area contributed by atoms with Gasteiger partial charge >= 0.3 is 0 Å². The zero-order valence-electron chi connectivity index (χ0n) is 22.1. The molecule has 0 aromatic heterocycles. The van der Waals surface area contributed by atoms with Crippen LogP contribution in [0.5, 0.6) is 11.5 Å². The second-order valence-electron chi connectivity index (χ2n) is 9.76. The van der Waals surface area contributed by atoms with Gasteiger partial charge in [-0.15, -0.1) is 0 Å². The molecule has 1 aliphatic heterocycles. The Bertz CT molecular complexity index is 1490. The first-order valence-electron chi connectivity index (χ1n) is 12.9. The summed E-state index contributed by atoms with van der Waals surface area (Å²) in [5.74, 6) is 0.743. The van der Waals surface area contributed by atoms with Crippen molar-refractivity contribution in [3.63, 3.8) is 0 Å². The van der Waals surface area contributed by atoms with Crippen molar-refractivity contribution in [3.8, 4) is 17.6 Å². The molecule has 8 nitrogen and oxygen atoms in total. The van der Waals surface area contributed by atoms with E-state index in [9.17, 15) is 23.0 Å². The zero-order valence-corrected chi connectivity index (χ0v) is 24.5. The van der Waals surface area contributed by atoms with Gasteiger partial charge in [0.05, 0.1) is 33.5 Å². The molecule has 2 aromatic carbocycles. The summed E-state index contributed by atoms with van der Waals surface area (Å²) in [5, 5.41) is 13.4. The van der Waals surface area contributed by atoms with Crippen LogP contribution in [0.1, 0.15) is 63.5 Å². The first-order chi connectivity index (χ1) is 18.6. The molecule has 1 heterocycles. The van der Waals surface area contributed by atoms with Crippen LogP contribution in [-0.2, 0) is 21.5 Å². The Morgan fingerprint density at radius 1 is 1.15 bits per heavy atom. The van der Waals surface area contributed by atoms with Crippen LogP contribution in [0.15, 0.2) is 68.3 Å². The van der Waals surface area contributed by atoms with Gasteiger partial charge in [0, 0.05) is 23.4 Å². The summed E-state index contributed by atoms with van der Waals surface area (Å²) in [6, 6.07) is 11.7. The van der Waals surface area contributed by atoms with Crippen LogP contribution in [0.4, 0.5) is 0 Å². The molecule has 10 heteroatoms. The molecule has 0 spiro atoms. The number of dihydropyridines is 1. The molecule has 2 N–H and O–H groups in total. The number of ketones is 1. The van der Waals surface area contributed by atoms with Gasteiger partial charge in [0.1, 0.15) is 6.61 Å². The maximum absolute atomic E-state index is 13.4. The number of ether oxygens (including phenoxy) is 2. The van der Waals surface area contributed by atoms with E-state index in [0.29, 0.717) is 51.6 Å².